The van der Waals surface area contributed by atoms with Crippen LogP contribution in [0, 0.1) is 29.1 Å². The minimum atomic E-state index is -0.0538. The van der Waals surface area contributed by atoms with Crippen LogP contribution in [-0.4, -0.2) is 0 Å². The Balaban J connectivity index is 1.07. The molecule has 1 aliphatic heterocycles. The molecular formula is C54H51NO. The normalized spacial score (nSPS) is 28.9. The van der Waals surface area contributed by atoms with Gasteiger partial charge in [-0.2, -0.15) is 0 Å². The summed E-state index contributed by atoms with van der Waals surface area (Å²) in [5.74, 6) is 5.22. The Morgan fingerprint density at radius 2 is 1.14 bits per heavy atom. The van der Waals surface area contributed by atoms with Crippen LogP contribution < -0.4 is 9.64 Å². The summed E-state index contributed by atoms with van der Waals surface area (Å²) in [5, 5.41) is 0. The highest BCUT2D eigenvalue weighted by Gasteiger charge is 2.84. The first kappa shape index (κ1) is 33.1. The standard InChI is InChI=1S/C54H51NO/c1-51(2)26-27-52(3,4)44-31-40(22-24-43(44)51)55(39-20-18-36(19-21-39)35-12-7-5-8-13-35)41-23-25-46-45(32-41)54(48-29-34-28-38-30-49(54)53(38,48)33-34)50-42(16-11-17-47(50)56-46)37-14-9-6-10-15-37/h5-25,31-32,34,38,48-49H,26-30,33H2,1-4H3. The van der Waals surface area contributed by atoms with Crippen LogP contribution in [0.5, 0.6) is 11.5 Å². The molecule has 2 heteroatoms. The minimum Gasteiger partial charge on any atom is -0.457 e. The van der Waals surface area contributed by atoms with Crippen molar-refractivity contribution >= 4 is 17.1 Å². The van der Waals surface area contributed by atoms with Crippen molar-refractivity contribution in [2.45, 2.75) is 82.5 Å². The van der Waals surface area contributed by atoms with Gasteiger partial charge in [0.25, 0.3) is 0 Å². The lowest BCUT2D eigenvalue weighted by molar-refractivity contribution is -0.234. The molecule has 4 saturated carbocycles. The quantitative estimate of drug-likeness (QED) is 0.175. The predicted octanol–water partition coefficient (Wildman–Crippen LogP) is 14.3. The number of hydrogen-bond acceptors (Lipinski definition) is 2. The summed E-state index contributed by atoms with van der Waals surface area (Å²) in [7, 11) is 0. The lowest BCUT2D eigenvalue weighted by Gasteiger charge is -2.77. The molecule has 5 aliphatic carbocycles. The van der Waals surface area contributed by atoms with E-state index in [1.165, 1.54) is 100 Å². The monoisotopic (exact) mass is 729 g/mol. The zero-order valence-corrected chi connectivity index (χ0v) is 33.2. The first-order chi connectivity index (χ1) is 27.2. The fourth-order valence-electron chi connectivity index (χ4n) is 13.8. The van der Waals surface area contributed by atoms with E-state index in [1.54, 1.807) is 0 Å². The van der Waals surface area contributed by atoms with Gasteiger partial charge in [0.2, 0.25) is 0 Å². The molecule has 1 heterocycles. The number of ether oxygens (including phenoxy) is 1. The van der Waals surface area contributed by atoms with Gasteiger partial charge in [-0.15, -0.1) is 0 Å². The molecular weight excluding hydrogens is 679 g/mol. The number of fused-ring (bicyclic) bond motifs is 8. The molecule has 6 aliphatic rings. The zero-order chi connectivity index (χ0) is 37.6. The third kappa shape index (κ3) is 4.23. The van der Waals surface area contributed by atoms with Crippen molar-refractivity contribution < 1.29 is 4.74 Å². The van der Waals surface area contributed by atoms with Crippen LogP contribution in [0.2, 0.25) is 0 Å². The molecule has 0 saturated heterocycles. The van der Waals surface area contributed by atoms with Gasteiger partial charge in [0.1, 0.15) is 11.5 Å². The Bertz CT molecular complexity index is 2550. The average molecular weight is 730 g/mol. The van der Waals surface area contributed by atoms with Gasteiger partial charge in [-0.3, -0.25) is 0 Å². The first-order valence-electron chi connectivity index (χ1n) is 21.3. The van der Waals surface area contributed by atoms with Gasteiger partial charge in [0.05, 0.1) is 0 Å². The largest absolute Gasteiger partial charge is 0.457 e. The average Bonchev–Trinajstić information content (AvgIpc) is 3.76. The topological polar surface area (TPSA) is 12.5 Å². The van der Waals surface area contributed by atoms with Crippen LogP contribution in [0.25, 0.3) is 22.3 Å². The van der Waals surface area contributed by atoms with Crippen molar-refractivity contribution in [2.75, 3.05) is 4.90 Å². The third-order valence-corrected chi connectivity index (χ3v) is 16.2. The van der Waals surface area contributed by atoms with E-state index in [0.29, 0.717) is 17.3 Å². The fraction of sp³-hybridized carbons (Fsp3) is 0.333. The van der Waals surface area contributed by atoms with E-state index in [4.69, 9.17) is 4.74 Å². The van der Waals surface area contributed by atoms with E-state index in [0.717, 1.165) is 23.3 Å². The zero-order valence-electron chi connectivity index (χ0n) is 33.2. The molecule has 6 atom stereocenters. The highest BCUT2D eigenvalue weighted by atomic mass is 16.5. The predicted molar refractivity (Wildman–Crippen MR) is 229 cm³/mol. The minimum absolute atomic E-state index is 0.0538. The molecule has 6 aromatic carbocycles. The molecule has 2 spiro atoms. The Kier molecular flexibility index (Phi) is 6.67. The lowest BCUT2D eigenvalue weighted by Crippen LogP contribution is -2.74. The molecule has 0 radical (unpaired) electrons. The SMILES string of the molecule is CC1(C)CCC(C)(C)c2cc(N(c3ccc(-c4ccccc4)cc3)c3ccc4c(c3)C3(c5c(cccc5-c5ccccc5)O4)C4CC5CC6CC3C64C5)ccc21. The van der Waals surface area contributed by atoms with Crippen molar-refractivity contribution in [3.8, 4) is 33.8 Å². The molecule has 0 aromatic heterocycles. The van der Waals surface area contributed by atoms with Gasteiger partial charge in [-0.25, -0.2) is 0 Å². The summed E-state index contributed by atoms with van der Waals surface area (Å²) in [4.78, 5) is 2.54. The Hall–Kier alpha value is -5.08. The van der Waals surface area contributed by atoms with Crippen molar-refractivity contribution in [1.29, 1.82) is 0 Å². The molecule has 0 N–H and O–H groups in total. The van der Waals surface area contributed by atoms with Gasteiger partial charge in [-0.05, 0) is 160 Å². The van der Waals surface area contributed by atoms with Crippen LogP contribution in [0.3, 0.4) is 0 Å². The van der Waals surface area contributed by atoms with Gasteiger partial charge >= 0.3 is 0 Å². The number of rotatable bonds is 5. The van der Waals surface area contributed by atoms with Crippen molar-refractivity contribution in [3.05, 3.63) is 162 Å². The molecule has 56 heavy (non-hydrogen) atoms. The van der Waals surface area contributed by atoms with Crippen molar-refractivity contribution in [3.63, 3.8) is 0 Å². The number of anilines is 3. The van der Waals surface area contributed by atoms with E-state index < -0.39 is 0 Å². The summed E-state index contributed by atoms with van der Waals surface area (Å²) in [5.41, 5.74) is 15.3. The van der Waals surface area contributed by atoms with Gasteiger partial charge in [-0.1, -0.05) is 119 Å². The maximum absolute atomic E-state index is 7.08. The number of nitrogens with zero attached hydrogens (tertiary/aromatic N) is 1. The molecule has 2 nitrogen and oxygen atoms in total. The highest BCUT2D eigenvalue weighted by molar-refractivity contribution is 5.83. The van der Waals surface area contributed by atoms with Crippen LogP contribution in [0.1, 0.15) is 88.5 Å². The van der Waals surface area contributed by atoms with Crippen LogP contribution in [-0.2, 0) is 16.2 Å². The maximum atomic E-state index is 7.08. The Morgan fingerprint density at radius 1 is 0.518 bits per heavy atom. The smallest absolute Gasteiger partial charge is 0.132 e. The molecule has 2 bridgehead atoms. The van der Waals surface area contributed by atoms with Crippen LogP contribution >= 0.6 is 0 Å². The Morgan fingerprint density at radius 3 is 1.88 bits per heavy atom. The summed E-state index contributed by atoms with van der Waals surface area (Å²) < 4.78 is 7.08. The third-order valence-electron chi connectivity index (χ3n) is 16.2. The van der Waals surface area contributed by atoms with E-state index in [-0.39, 0.29) is 16.2 Å². The fourth-order valence-corrected chi connectivity index (χ4v) is 13.8. The van der Waals surface area contributed by atoms with E-state index >= 15 is 0 Å². The molecule has 4 fully saturated rings. The van der Waals surface area contributed by atoms with E-state index in [2.05, 4.69) is 172 Å². The second kappa shape index (κ2) is 11.3. The second-order valence-corrected chi connectivity index (χ2v) is 19.6. The van der Waals surface area contributed by atoms with Gasteiger partial charge in [0.15, 0.2) is 0 Å². The summed E-state index contributed by atoms with van der Waals surface area (Å²) >= 11 is 0. The van der Waals surface area contributed by atoms with E-state index in [1.807, 2.05) is 0 Å². The summed E-state index contributed by atoms with van der Waals surface area (Å²) in [6, 6.07) is 52.6. The molecule has 278 valence electrons. The van der Waals surface area contributed by atoms with Crippen molar-refractivity contribution in [2.24, 2.45) is 29.1 Å². The second-order valence-electron chi connectivity index (χ2n) is 19.6. The number of benzene rings is 6. The molecule has 0 amide bonds. The van der Waals surface area contributed by atoms with Gasteiger partial charge in [0, 0.05) is 33.6 Å². The van der Waals surface area contributed by atoms with Gasteiger partial charge < -0.3 is 9.64 Å². The lowest BCUT2D eigenvalue weighted by atomic mass is 9.26. The van der Waals surface area contributed by atoms with E-state index in [9.17, 15) is 0 Å². The Labute approximate surface area is 332 Å². The highest BCUT2D eigenvalue weighted by Crippen LogP contribution is 2.89. The molecule has 12 rings (SSSR count). The maximum Gasteiger partial charge on any atom is 0.132 e. The van der Waals surface area contributed by atoms with Crippen LogP contribution in [0.15, 0.2) is 140 Å². The summed E-state index contributed by atoms with van der Waals surface area (Å²) in [6.45, 7) is 9.74. The molecule has 6 aromatic rings. The van der Waals surface area contributed by atoms with Crippen molar-refractivity contribution in [1.82, 2.24) is 0 Å². The summed E-state index contributed by atoms with van der Waals surface area (Å²) in [6.07, 6.45) is 7.99. The van der Waals surface area contributed by atoms with Crippen LogP contribution in [0.4, 0.5) is 17.1 Å². The number of hydrogen-bond donors (Lipinski definition) is 0. The molecule has 6 unspecified atom stereocenters. The first-order valence-corrected chi connectivity index (χ1v) is 21.3.